The lowest BCUT2D eigenvalue weighted by Crippen LogP contribution is -2.39. The van der Waals surface area contributed by atoms with E-state index in [9.17, 15) is 14.4 Å². The number of hydrogen-bond donors (Lipinski definition) is 3. The molecule has 1 aromatic heterocycles. The third-order valence-corrected chi connectivity index (χ3v) is 7.11. The van der Waals surface area contributed by atoms with Crippen molar-refractivity contribution in [2.45, 2.75) is 89.0 Å². The Morgan fingerprint density at radius 1 is 1.09 bits per heavy atom. The van der Waals surface area contributed by atoms with E-state index in [0.29, 0.717) is 36.7 Å². The number of carbonyl (C=O) groups excluding carboxylic acids is 3. The van der Waals surface area contributed by atoms with E-state index in [1.807, 2.05) is 25.2 Å². The predicted molar refractivity (Wildman–Crippen MR) is 132 cm³/mol. The van der Waals surface area contributed by atoms with Gasteiger partial charge in [0.15, 0.2) is 0 Å². The molecule has 0 radical (unpaired) electrons. The largest absolute Gasteiger partial charge is 0.324 e. The lowest BCUT2D eigenvalue weighted by molar-refractivity contribution is -0.134. The third kappa shape index (κ3) is 6.03. The van der Waals surface area contributed by atoms with Crippen LogP contribution in [0.1, 0.15) is 88.7 Å². The molecule has 8 nitrogen and oxygen atoms in total. The number of rotatable bonds is 10. The monoisotopic (exact) mass is 467 g/mol. The van der Waals surface area contributed by atoms with E-state index >= 15 is 0 Å². The molecule has 1 unspecified atom stereocenters. The molecule has 1 aliphatic heterocycles. The Balaban J connectivity index is 1.26. The van der Waals surface area contributed by atoms with Crippen molar-refractivity contribution in [3.63, 3.8) is 0 Å². The number of aromatic nitrogens is 2. The van der Waals surface area contributed by atoms with Crippen LogP contribution in [0.5, 0.6) is 0 Å². The molecule has 1 aliphatic carbocycles. The Labute approximate surface area is 201 Å². The molecule has 184 valence electrons. The second-order valence-corrected chi connectivity index (χ2v) is 9.72. The van der Waals surface area contributed by atoms with Crippen molar-refractivity contribution in [3.05, 3.63) is 23.9 Å². The van der Waals surface area contributed by atoms with Gasteiger partial charge in [-0.15, -0.1) is 0 Å². The molecule has 3 amide bonds. The van der Waals surface area contributed by atoms with Crippen molar-refractivity contribution in [1.29, 1.82) is 0 Å². The quantitative estimate of drug-likeness (QED) is 0.363. The standard InChI is InChI=1S/C26H37N5O3/c1-31-25-19(24(30-31)20-15-16-23(33)29-26(20)34)12-9-13-21(25)28-22(32)14-7-2-3-8-17-27-18-10-5-4-6-11-18/h9,12-13,18,20,27H,2-8,10-11,14-17H2,1H3,(H,28,32)(H,29,33,34). The fourth-order valence-electron chi connectivity index (χ4n) is 5.27. The van der Waals surface area contributed by atoms with Crippen LogP contribution in [-0.4, -0.2) is 40.1 Å². The number of anilines is 1. The summed E-state index contributed by atoms with van der Waals surface area (Å²) in [6, 6.07) is 6.37. The maximum atomic E-state index is 12.6. The van der Waals surface area contributed by atoms with Crippen LogP contribution in [0.4, 0.5) is 5.69 Å². The summed E-state index contributed by atoms with van der Waals surface area (Å²) < 4.78 is 1.71. The van der Waals surface area contributed by atoms with E-state index in [1.54, 1.807) is 4.68 Å². The highest BCUT2D eigenvalue weighted by atomic mass is 16.2. The molecule has 4 rings (SSSR count). The summed E-state index contributed by atoms with van der Waals surface area (Å²) in [5.74, 6) is -1.01. The van der Waals surface area contributed by atoms with Gasteiger partial charge < -0.3 is 10.6 Å². The average Bonchev–Trinajstić information content (AvgIpc) is 3.16. The van der Waals surface area contributed by atoms with Gasteiger partial charge in [-0.2, -0.15) is 5.10 Å². The van der Waals surface area contributed by atoms with Crippen LogP contribution >= 0.6 is 0 Å². The van der Waals surface area contributed by atoms with Crippen molar-refractivity contribution < 1.29 is 14.4 Å². The van der Waals surface area contributed by atoms with Crippen LogP contribution in [0.25, 0.3) is 10.9 Å². The molecule has 0 spiro atoms. The summed E-state index contributed by atoms with van der Waals surface area (Å²) in [6.45, 7) is 1.08. The zero-order chi connectivity index (χ0) is 23.9. The summed E-state index contributed by atoms with van der Waals surface area (Å²) in [5.41, 5.74) is 2.15. The molecule has 34 heavy (non-hydrogen) atoms. The van der Waals surface area contributed by atoms with E-state index in [4.69, 9.17) is 0 Å². The minimum Gasteiger partial charge on any atom is -0.324 e. The van der Waals surface area contributed by atoms with Crippen LogP contribution in [0.15, 0.2) is 18.2 Å². The number of piperidine rings is 1. The van der Waals surface area contributed by atoms with E-state index in [0.717, 1.165) is 43.1 Å². The maximum absolute atomic E-state index is 12.6. The van der Waals surface area contributed by atoms with Crippen LogP contribution in [-0.2, 0) is 21.4 Å². The Morgan fingerprint density at radius 3 is 2.68 bits per heavy atom. The van der Waals surface area contributed by atoms with E-state index < -0.39 is 5.92 Å². The van der Waals surface area contributed by atoms with Crippen molar-refractivity contribution in [2.75, 3.05) is 11.9 Å². The van der Waals surface area contributed by atoms with Crippen molar-refractivity contribution in [2.24, 2.45) is 7.05 Å². The molecule has 1 aromatic carbocycles. The molecular weight excluding hydrogens is 430 g/mol. The molecule has 1 saturated heterocycles. The fraction of sp³-hybridized carbons (Fsp3) is 0.615. The van der Waals surface area contributed by atoms with Gasteiger partial charge in [-0.3, -0.25) is 24.4 Å². The first-order chi connectivity index (χ1) is 16.5. The Morgan fingerprint density at radius 2 is 1.88 bits per heavy atom. The molecule has 2 aliphatic rings. The molecule has 1 atom stereocenters. The van der Waals surface area contributed by atoms with Gasteiger partial charge in [-0.25, -0.2) is 0 Å². The van der Waals surface area contributed by atoms with Gasteiger partial charge in [-0.05, 0) is 44.7 Å². The van der Waals surface area contributed by atoms with Crippen LogP contribution in [0, 0.1) is 0 Å². The Kier molecular flexibility index (Phi) is 8.32. The minimum absolute atomic E-state index is 0.00316. The molecular formula is C26H37N5O3. The molecule has 2 fully saturated rings. The van der Waals surface area contributed by atoms with Gasteiger partial charge in [0.2, 0.25) is 17.7 Å². The number of hydrogen-bond acceptors (Lipinski definition) is 5. The number of benzene rings is 1. The number of carbonyl (C=O) groups is 3. The Bertz CT molecular complexity index is 1020. The molecule has 1 saturated carbocycles. The number of nitrogens with zero attached hydrogens (tertiary/aromatic N) is 2. The summed E-state index contributed by atoms with van der Waals surface area (Å²) in [7, 11) is 1.81. The summed E-state index contributed by atoms with van der Waals surface area (Å²) in [6.07, 6.45) is 12.2. The fourth-order valence-corrected chi connectivity index (χ4v) is 5.27. The lowest BCUT2D eigenvalue weighted by Gasteiger charge is -2.22. The van der Waals surface area contributed by atoms with Crippen LogP contribution in [0.2, 0.25) is 0 Å². The average molecular weight is 468 g/mol. The topological polar surface area (TPSA) is 105 Å². The number of amides is 3. The number of fused-ring (bicyclic) bond motifs is 1. The van der Waals surface area contributed by atoms with Crippen LogP contribution < -0.4 is 16.0 Å². The summed E-state index contributed by atoms with van der Waals surface area (Å²) in [5, 5.41) is 14.5. The molecule has 2 aromatic rings. The Hall–Kier alpha value is -2.74. The number of unbranched alkanes of at least 4 members (excludes halogenated alkanes) is 3. The summed E-state index contributed by atoms with van der Waals surface area (Å²) in [4.78, 5) is 36.5. The highest BCUT2D eigenvalue weighted by Crippen LogP contribution is 2.33. The van der Waals surface area contributed by atoms with E-state index in [1.165, 1.54) is 32.1 Å². The second kappa shape index (κ2) is 11.6. The van der Waals surface area contributed by atoms with Gasteiger partial charge in [0.1, 0.15) is 0 Å². The smallest absolute Gasteiger partial charge is 0.235 e. The van der Waals surface area contributed by atoms with Crippen molar-refractivity contribution >= 4 is 34.3 Å². The van der Waals surface area contributed by atoms with Gasteiger partial charge in [0.25, 0.3) is 0 Å². The second-order valence-electron chi connectivity index (χ2n) is 9.72. The SMILES string of the molecule is Cn1nc(C2CCC(=O)NC2=O)c2cccc(NC(=O)CCCCCCNC3CCCCC3)c21. The number of imide groups is 1. The number of nitrogens with one attached hydrogen (secondary N) is 3. The first kappa shape index (κ1) is 24.4. The minimum atomic E-state index is -0.458. The molecule has 2 heterocycles. The zero-order valence-electron chi connectivity index (χ0n) is 20.2. The highest BCUT2D eigenvalue weighted by Gasteiger charge is 2.32. The van der Waals surface area contributed by atoms with Crippen LogP contribution in [0.3, 0.4) is 0 Å². The first-order valence-electron chi connectivity index (χ1n) is 12.9. The van der Waals surface area contributed by atoms with E-state index in [2.05, 4.69) is 21.0 Å². The normalized spacial score (nSPS) is 19.4. The predicted octanol–water partition coefficient (Wildman–Crippen LogP) is 3.90. The van der Waals surface area contributed by atoms with Gasteiger partial charge in [-0.1, -0.05) is 44.2 Å². The zero-order valence-corrected chi connectivity index (χ0v) is 20.2. The van der Waals surface area contributed by atoms with Gasteiger partial charge in [0.05, 0.1) is 22.8 Å². The van der Waals surface area contributed by atoms with E-state index in [-0.39, 0.29) is 17.7 Å². The van der Waals surface area contributed by atoms with Gasteiger partial charge >= 0.3 is 0 Å². The van der Waals surface area contributed by atoms with Gasteiger partial charge in [0, 0.05) is 31.3 Å². The lowest BCUT2D eigenvalue weighted by atomic mass is 9.92. The molecule has 3 N–H and O–H groups in total. The summed E-state index contributed by atoms with van der Waals surface area (Å²) >= 11 is 0. The third-order valence-electron chi connectivity index (χ3n) is 7.11. The van der Waals surface area contributed by atoms with Crippen molar-refractivity contribution in [3.8, 4) is 0 Å². The number of aryl methyl sites for hydroxylation is 1. The first-order valence-corrected chi connectivity index (χ1v) is 12.9. The molecule has 0 bridgehead atoms. The van der Waals surface area contributed by atoms with Crippen molar-refractivity contribution in [1.82, 2.24) is 20.4 Å². The number of para-hydroxylation sites is 1. The molecule has 8 heteroatoms. The highest BCUT2D eigenvalue weighted by molar-refractivity contribution is 6.05. The maximum Gasteiger partial charge on any atom is 0.235 e.